The SMILES string of the molecule is CNCc1nc(C(C)C)c(Sc2cccc([N+](=O)[O-])c2)n1Cc1ccccn1. The lowest BCUT2D eigenvalue weighted by molar-refractivity contribution is -0.385. The zero-order valence-electron chi connectivity index (χ0n) is 16.1. The Morgan fingerprint density at radius 1 is 1.25 bits per heavy atom. The Bertz CT molecular complexity index is 956. The third kappa shape index (κ3) is 4.58. The van der Waals surface area contributed by atoms with Crippen LogP contribution in [0.15, 0.2) is 58.6 Å². The maximum atomic E-state index is 11.1. The number of nitrogens with one attached hydrogen (secondary N) is 1. The van der Waals surface area contributed by atoms with Crippen molar-refractivity contribution in [2.45, 2.75) is 42.8 Å². The molecule has 0 amide bonds. The monoisotopic (exact) mass is 397 g/mol. The molecule has 7 nitrogen and oxygen atoms in total. The fraction of sp³-hybridized carbons (Fsp3) is 0.300. The van der Waals surface area contributed by atoms with Crippen LogP contribution in [0.25, 0.3) is 0 Å². The minimum absolute atomic E-state index is 0.0855. The average molecular weight is 398 g/mol. The van der Waals surface area contributed by atoms with Gasteiger partial charge in [0, 0.05) is 23.2 Å². The predicted molar refractivity (Wildman–Crippen MR) is 110 cm³/mol. The number of hydrogen-bond acceptors (Lipinski definition) is 6. The number of nitro benzene ring substituents is 1. The molecule has 0 aliphatic carbocycles. The molecule has 0 bridgehead atoms. The van der Waals surface area contributed by atoms with Gasteiger partial charge in [0.15, 0.2) is 0 Å². The van der Waals surface area contributed by atoms with Crippen LogP contribution in [0.1, 0.15) is 37.0 Å². The molecule has 3 rings (SSSR count). The lowest BCUT2D eigenvalue weighted by Crippen LogP contribution is -2.14. The van der Waals surface area contributed by atoms with Crippen LogP contribution in [0.5, 0.6) is 0 Å². The molecule has 0 saturated heterocycles. The van der Waals surface area contributed by atoms with Crippen molar-refractivity contribution in [2.75, 3.05) is 7.05 Å². The van der Waals surface area contributed by atoms with Crippen LogP contribution >= 0.6 is 11.8 Å². The van der Waals surface area contributed by atoms with Gasteiger partial charge in [0.1, 0.15) is 10.9 Å². The molecule has 28 heavy (non-hydrogen) atoms. The van der Waals surface area contributed by atoms with Gasteiger partial charge >= 0.3 is 0 Å². The van der Waals surface area contributed by atoms with Crippen LogP contribution < -0.4 is 5.32 Å². The average Bonchev–Trinajstić information content (AvgIpc) is 3.01. The second-order valence-corrected chi connectivity index (χ2v) is 7.73. The van der Waals surface area contributed by atoms with E-state index in [2.05, 4.69) is 28.7 Å². The number of nitro groups is 1. The molecule has 3 aromatic rings. The first kappa shape index (κ1) is 20.0. The van der Waals surface area contributed by atoms with Gasteiger partial charge in [-0.1, -0.05) is 37.7 Å². The van der Waals surface area contributed by atoms with Crippen molar-refractivity contribution in [3.8, 4) is 0 Å². The molecule has 1 N–H and O–H groups in total. The van der Waals surface area contributed by atoms with E-state index in [9.17, 15) is 10.1 Å². The van der Waals surface area contributed by atoms with Crippen LogP contribution in [0.2, 0.25) is 0 Å². The van der Waals surface area contributed by atoms with E-state index < -0.39 is 0 Å². The molecule has 8 heteroatoms. The van der Waals surface area contributed by atoms with Gasteiger partial charge in [-0.15, -0.1) is 0 Å². The summed E-state index contributed by atoms with van der Waals surface area (Å²) in [6, 6.07) is 12.6. The van der Waals surface area contributed by atoms with Gasteiger partial charge in [-0.3, -0.25) is 15.1 Å². The van der Waals surface area contributed by atoms with Gasteiger partial charge in [-0.25, -0.2) is 4.98 Å². The van der Waals surface area contributed by atoms with Gasteiger partial charge in [0.2, 0.25) is 0 Å². The van der Waals surface area contributed by atoms with Crippen molar-refractivity contribution < 1.29 is 4.92 Å². The van der Waals surface area contributed by atoms with Crippen LogP contribution in [0.4, 0.5) is 5.69 Å². The molecule has 1 aromatic carbocycles. The third-order valence-corrected chi connectivity index (χ3v) is 5.31. The number of rotatable bonds is 8. The van der Waals surface area contributed by atoms with E-state index in [4.69, 9.17) is 4.98 Å². The summed E-state index contributed by atoms with van der Waals surface area (Å²) >= 11 is 1.51. The normalized spacial score (nSPS) is 11.1. The first-order valence-corrected chi connectivity index (χ1v) is 9.87. The highest BCUT2D eigenvalue weighted by Gasteiger charge is 2.21. The van der Waals surface area contributed by atoms with Crippen LogP contribution in [-0.2, 0) is 13.1 Å². The van der Waals surface area contributed by atoms with Gasteiger partial charge in [-0.05, 0) is 31.2 Å². The highest BCUT2D eigenvalue weighted by Crippen LogP contribution is 2.36. The standard InChI is InChI=1S/C20H23N5O2S/c1-14(2)19-20(28-17-9-6-8-16(11-17)25(26)27)24(18(23-19)12-21-3)13-15-7-4-5-10-22-15/h4-11,14,21H,12-13H2,1-3H3. The van der Waals surface area contributed by atoms with E-state index in [-0.39, 0.29) is 16.5 Å². The Morgan fingerprint density at radius 2 is 2.07 bits per heavy atom. The van der Waals surface area contributed by atoms with Crippen molar-refractivity contribution in [3.05, 3.63) is 76.0 Å². The number of benzene rings is 1. The topological polar surface area (TPSA) is 85.9 Å². The predicted octanol–water partition coefficient (Wildman–Crippen LogP) is 4.23. The molecule has 0 aliphatic rings. The Hall–Kier alpha value is -2.71. The molecule has 0 radical (unpaired) electrons. The molecule has 0 aliphatic heterocycles. The molecule has 2 aromatic heterocycles. The Morgan fingerprint density at radius 3 is 2.71 bits per heavy atom. The summed E-state index contributed by atoms with van der Waals surface area (Å²) in [6.07, 6.45) is 1.78. The van der Waals surface area contributed by atoms with Crippen molar-refractivity contribution in [3.63, 3.8) is 0 Å². The molecule has 0 spiro atoms. The van der Waals surface area contributed by atoms with Crippen molar-refractivity contribution in [1.82, 2.24) is 19.9 Å². The summed E-state index contributed by atoms with van der Waals surface area (Å²) in [5.41, 5.74) is 2.01. The second kappa shape index (κ2) is 8.99. The summed E-state index contributed by atoms with van der Waals surface area (Å²) in [5.74, 6) is 1.14. The number of pyridine rings is 1. The van der Waals surface area contributed by atoms with Crippen LogP contribution in [0.3, 0.4) is 0 Å². The summed E-state index contributed by atoms with van der Waals surface area (Å²) in [6.45, 7) is 5.43. The number of imidazole rings is 1. The molecule has 0 unspecified atom stereocenters. The van der Waals surface area contributed by atoms with E-state index >= 15 is 0 Å². The van der Waals surface area contributed by atoms with Gasteiger partial charge < -0.3 is 9.88 Å². The molecule has 0 atom stereocenters. The Balaban J connectivity index is 2.06. The van der Waals surface area contributed by atoms with Gasteiger partial charge in [-0.2, -0.15) is 0 Å². The zero-order valence-corrected chi connectivity index (χ0v) is 16.9. The molecule has 0 saturated carbocycles. The molecule has 0 fully saturated rings. The van der Waals surface area contributed by atoms with Gasteiger partial charge in [0.25, 0.3) is 5.69 Å². The summed E-state index contributed by atoms with van der Waals surface area (Å²) in [5, 5.41) is 15.3. The highest BCUT2D eigenvalue weighted by molar-refractivity contribution is 7.99. The van der Waals surface area contributed by atoms with E-state index in [1.165, 1.54) is 17.8 Å². The lowest BCUT2D eigenvalue weighted by atomic mass is 10.1. The second-order valence-electron chi connectivity index (χ2n) is 6.67. The minimum atomic E-state index is -0.370. The maximum absolute atomic E-state index is 11.1. The lowest BCUT2D eigenvalue weighted by Gasteiger charge is -2.13. The summed E-state index contributed by atoms with van der Waals surface area (Å²) in [7, 11) is 1.89. The summed E-state index contributed by atoms with van der Waals surface area (Å²) < 4.78 is 2.15. The van der Waals surface area contributed by atoms with Gasteiger partial charge in [0.05, 0.1) is 29.4 Å². The molecule has 2 heterocycles. The molecular formula is C20H23N5O2S. The Labute approximate surface area is 168 Å². The first-order valence-electron chi connectivity index (χ1n) is 9.05. The fourth-order valence-corrected chi connectivity index (χ4v) is 4.08. The highest BCUT2D eigenvalue weighted by atomic mass is 32.2. The summed E-state index contributed by atoms with van der Waals surface area (Å²) in [4.78, 5) is 20.9. The Kier molecular flexibility index (Phi) is 6.43. The van der Waals surface area contributed by atoms with E-state index in [1.54, 1.807) is 18.3 Å². The van der Waals surface area contributed by atoms with Crippen molar-refractivity contribution >= 4 is 17.4 Å². The molecular weight excluding hydrogens is 374 g/mol. The van der Waals surface area contributed by atoms with Crippen molar-refractivity contribution in [1.29, 1.82) is 0 Å². The largest absolute Gasteiger partial charge is 0.316 e. The van der Waals surface area contributed by atoms with E-state index in [1.807, 2.05) is 31.3 Å². The van der Waals surface area contributed by atoms with Crippen molar-refractivity contribution in [2.24, 2.45) is 0 Å². The quantitative estimate of drug-likeness (QED) is 0.452. The number of aromatic nitrogens is 3. The number of non-ortho nitro benzene ring substituents is 1. The minimum Gasteiger partial charge on any atom is -0.316 e. The fourth-order valence-electron chi connectivity index (χ4n) is 2.87. The molecule has 146 valence electrons. The smallest absolute Gasteiger partial charge is 0.270 e. The first-order chi connectivity index (χ1) is 13.5. The van der Waals surface area contributed by atoms with Crippen LogP contribution in [-0.4, -0.2) is 26.5 Å². The third-order valence-electron chi connectivity index (χ3n) is 4.20. The number of nitrogens with zero attached hydrogens (tertiary/aromatic N) is 4. The zero-order chi connectivity index (χ0) is 20.1. The van der Waals surface area contributed by atoms with E-state index in [0.717, 1.165) is 27.1 Å². The van der Waals surface area contributed by atoms with Crippen LogP contribution in [0, 0.1) is 10.1 Å². The number of hydrogen-bond donors (Lipinski definition) is 1. The maximum Gasteiger partial charge on any atom is 0.270 e. The van der Waals surface area contributed by atoms with E-state index in [0.29, 0.717) is 13.1 Å².